The third kappa shape index (κ3) is 5.65. The largest absolute Gasteiger partial charge is 0.482 e. The quantitative estimate of drug-likeness (QED) is 0.726. The number of benzene rings is 1. The van der Waals surface area contributed by atoms with Crippen LogP contribution in [0.4, 0.5) is 18.9 Å². The maximum Gasteiger partial charge on any atom is 0.422 e. The molecule has 2 atom stereocenters. The molecule has 3 rings (SSSR count). The molecule has 1 aromatic rings. The summed E-state index contributed by atoms with van der Waals surface area (Å²) in [4.78, 5) is 12.7. The summed E-state index contributed by atoms with van der Waals surface area (Å²) in [5.41, 5.74) is 6.41. The minimum atomic E-state index is -4.46. The molecule has 0 saturated heterocycles. The predicted molar refractivity (Wildman–Crippen MR) is 100 cm³/mol. The summed E-state index contributed by atoms with van der Waals surface area (Å²) in [7, 11) is 0. The minimum absolute atomic E-state index is 0. The second-order valence-electron chi connectivity index (χ2n) is 7.23. The van der Waals surface area contributed by atoms with Crippen LogP contribution in [0.25, 0.3) is 0 Å². The number of nitrogens with one attached hydrogen (secondary N) is 1. The van der Waals surface area contributed by atoms with Crippen molar-refractivity contribution in [3.05, 3.63) is 23.2 Å². The second kappa shape index (κ2) is 8.88. The highest BCUT2D eigenvalue weighted by Crippen LogP contribution is 2.42. The molecule has 2 unspecified atom stereocenters. The van der Waals surface area contributed by atoms with E-state index in [4.69, 9.17) is 22.1 Å². The van der Waals surface area contributed by atoms with E-state index in [9.17, 15) is 18.0 Å². The fraction of sp³-hybridized carbons (Fsp3) is 0.611. The van der Waals surface area contributed by atoms with Crippen molar-refractivity contribution in [3.8, 4) is 5.75 Å². The van der Waals surface area contributed by atoms with Gasteiger partial charge in [-0.25, -0.2) is 0 Å². The lowest BCUT2D eigenvalue weighted by molar-refractivity contribution is -0.153. The number of halogens is 5. The number of ether oxygens (including phenoxy) is 1. The zero-order valence-corrected chi connectivity index (χ0v) is 16.2. The number of carbonyl (C=O) groups excluding carboxylic acids is 1. The van der Waals surface area contributed by atoms with Crippen LogP contribution in [-0.2, 0) is 4.79 Å². The van der Waals surface area contributed by atoms with Crippen molar-refractivity contribution >= 4 is 35.6 Å². The molecule has 0 heterocycles. The normalized spacial score (nSPS) is 27.4. The van der Waals surface area contributed by atoms with Crippen molar-refractivity contribution in [1.82, 2.24) is 0 Å². The first-order valence-corrected chi connectivity index (χ1v) is 9.16. The summed E-state index contributed by atoms with van der Waals surface area (Å²) < 4.78 is 42.1. The number of rotatable bonds is 4. The van der Waals surface area contributed by atoms with Crippen LogP contribution in [0.3, 0.4) is 0 Å². The van der Waals surface area contributed by atoms with E-state index < -0.39 is 12.8 Å². The van der Waals surface area contributed by atoms with Gasteiger partial charge in [-0.3, -0.25) is 4.79 Å². The number of carbonyl (C=O) groups is 1. The third-order valence-corrected chi connectivity index (χ3v) is 5.61. The van der Waals surface area contributed by atoms with E-state index in [-0.39, 0.29) is 41.7 Å². The number of hydrogen-bond acceptors (Lipinski definition) is 3. The Bertz CT molecular complexity index is 658. The SMILES string of the molecule is Cl.NC1C2CCCC1CC(C(=O)Nc1cc(Cl)ccc1OCC(F)(F)F)C2. The average molecular weight is 427 g/mol. The van der Waals surface area contributed by atoms with Gasteiger partial charge in [0.2, 0.25) is 5.91 Å². The molecule has 1 amide bonds. The summed E-state index contributed by atoms with van der Waals surface area (Å²) in [5, 5.41) is 3.01. The van der Waals surface area contributed by atoms with E-state index in [0.29, 0.717) is 29.7 Å². The molecule has 3 N–H and O–H groups in total. The molecule has 152 valence electrons. The first-order valence-electron chi connectivity index (χ1n) is 8.78. The molecular weight excluding hydrogens is 404 g/mol. The molecule has 4 nitrogen and oxygen atoms in total. The van der Waals surface area contributed by atoms with E-state index in [2.05, 4.69) is 5.32 Å². The number of nitrogens with two attached hydrogens (primary N) is 1. The number of amides is 1. The summed E-state index contributed by atoms with van der Waals surface area (Å²) in [6, 6.07) is 4.30. The monoisotopic (exact) mass is 426 g/mol. The van der Waals surface area contributed by atoms with Gasteiger partial charge in [0.05, 0.1) is 5.69 Å². The molecule has 0 spiro atoms. The molecule has 2 bridgehead atoms. The molecule has 0 radical (unpaired) electrons. The molecule has 1 aromatic carbocycles. The Kier molecular flexibility index (Phi) is 7.27. The number of hydrogen-bond donors (Lipinski definition) is 2. The number of anilines is 1. The number of alkyl halides is 3. The Balaban J connectivity index is 0.00000261. The van der Waals surface area contributed by atoms with E-state index in [1.54, 1.807) is 0 Å². The molecular formula is C18H23Cl2F3N2O2. The number of fused-ring (bicyclic) bond motifs is 2. The van der Waals surface area contributed by atoms with Gasteiger partial charge in [0.1, 0.15) is 5.75 Å². The molecule has 27 heavy (non-hydrogen) atoms. The van der Waals surface area contributed by atoms with E-state index in [0.717, 1.165) is 19.3 Å². The van der Waals surface area contributed by atoms with Gasteiger partial charge in [0.25, 0.3) is 0 Å². The highest BCUT2D eigenvalue weighted by atomic mass is 35.5. The fourth-order valence-electron chi connectivity index (χ4n) is 4.12. The van der Waals surface area contributed by atoms with Crippen LogP contribution < -0.4 is 15.8 Å². The van der Waals surface area contributed by atoms with Gasteiger partial charge >= 0.3 is 6.18 Å². The zero-order valence-electron chi connectivity index (χ0n) is 14.6. The highest BCUT2D eigenvalue weighted by molar-refractivity contribution is 6.31. The first kappa shape index (κ1) is 22.1. The Hall–Kier alpha value is -1.18. The summed E-state index contributed by atoms with van der Waals surface area (Å²) in [6.07, 6.45) is 0.154. The Morgan fingerprint density at radius 3 is 2.48 bits per heavy atom. The van der Waals surface area contributed by atoms with Gasteiger partial charge in [0.15, 0.2) is 6.61 Å². The summed E-state index contributed by atoms with van der Waals surface area (Å²) in [5.74, 6) is 0.206. The van der Waals surface area contributed by atoms with E-state index in [1.807, 2.05) is 0 Å². The zero-order chi connectivity index (χ0) is 18.9. The Morgan fingerprint density at radius 2 is 1.89 bits per heavy atom. The first-order chi connectivity index (χ1) is 12.2. The van der Waals surface area contributed by atoms with Crippen molar-refractivity contribution in [1.29, 1.82) is 0 Å². The topological polar surface area (TPSA) is 64.4 Å². The van der Waals surface area contributed by atoms with Gasteiger partial charge < -0.3 is 15.8 Å². The smallest absolute Gasteiger partial charge is 0.422 e. The standard InChI is InChI=1S/C18H22ClF3N2O2.ClH/c19-13-4-5-15(26-9-18(20,21)22)14(8-13)24-17(25)12-6-10-2-1-3-11(7-12)16(10)23;/h4-5,8,10-12,16H,1-3,6-7,9,23H2,(H,24,25);1H. The lowest BCUT2D eigenvalue weighted by Gasteiger charge is -2.43. The van der Waals surface area contributed by atoms with Crippen molar-refractivity contribution in [2.75, 3.05) is 11.9 Å². The molecule has 0 aliphatic heterocycles. The van der Waals surface area contributed by atoms with Gasteiger partial charge in [-0.1, -0.05) is 18.0 Å². The third-order valence-electron chi connectivity index (χ3n) is 5.37. The molecule has 2 fully saturated rings. The maximum absolute atomic E-state index is 12.7. The van der Waals surface area contributed by atoms with Gasteiger partial charge in [0, 0.05) is 17.0 Å². The van der Waals surface area contributed by atoms with Gasteiger partial charge in [-0.15, -0.1) is 12.4 Å². The summed E-state index contributed by atoms with van der Waals surface area (Å²) >= 11 is 5.93. The van der Waals surface area contributed by atoms with Crippen molar-refractivity contribution in [2.24, 2.45) is 23.5 Å². The van der Waals surface area contributed by atoms with Crippen LogP contribution in [-0.4, -0.2) is 24.7 Å². The van der Waals surface area contributed by atoms with Crippen LogP contribution in [0, 0.1) is 17.8 Å². The minimum Gasteiger partial charge on any atom is -0.482 e. The molecule has 9 heteroatoms. The maximum atomic E-state index is 12.7. The van der Waals surface area contributed by atoms with Crippen LogP contribution in [0.2, 0.25) is 5.02 Å². The summed E-state index contributed by atoms with van der Waals surface area (Å²) in [6.45, 7) is -1.43. The molecule has 2 aliphatic carbocycles. The molecule has 2 aliphatic rings. The van der Waals surface area contributed by atoms with Crippen LogP contribution in [0.1, 0.15) is 32.1 Å². The van der Waals surface area contributed by atoms with Crippen LogP contribution in [0.5, 0.6) is 5.75 Å². The second-order valence-corrected chi connectivity index (χ2v) is 7.67. The van der Waals surface area contributed by atoms with Crippen molar-refractivity contribution in [2.45, 2.75) is 44.3 Å². The predicted octanol–water partition coefficient (Wildman–Crippen LogP) is 4.80. The van der Waals surface area contributed by atoms with Crippen molar-refractivity contribution < 1.29 is 22.7 Å². The van der Waals surface area contributed by atoms with E-state index in [1.165, 1.54) is 18.2 Å². The lowest BCUT2D eigenvalue weighted by atomic mass is 9.65. The van der Waals surface area contributed by atoms with Crippen molar-refractivity contribution in [3.63, 3.8) is 0 Å². The average Bonchev–Trinajstić information content (AvgIpc) is 2.53. The Morgan fingerprint density at radius 1 is 1.26 bits per heavy atom. The Labute approximate surface area is 167 Å². The molecule has 2 saturated carbocycles. The van der Waals surface area contributed by atoms with Crippen LogP contribution in [0.15, 0.2) is 18.2 Å². The van der Waals surface area contributed by atoms with Crippen LogP contribution >= 0.6 is 24.0 Å². The van der Waals surface area contributed by atoms with Gasteiger partial charge in [-0.05, 0) is 55.7 Å². The van der Waals surface area contributed by atoms with E-state index >= 15 is 0 Å². The molecule has 0 aromatic heterocycles. The lowest BCUT2D eigenvalue weighted by Crippen LogP contribution is -2.48. The fourth-order valence-corrected chi connectivity index (χ4v) is 4.30. The van der Waals surface area contributed by atoms with Gasteiger partial charge in [-0.2, -0.15) is 13.2 Å². The highest BCUT2D eigenvalue weighted by Gasteiger charge is 2.40.